The lowest BCUT2D eigenvalue weighted by atomic mass is 10.2. The average molecular weight is 238 g/mol. The van der Waals surface area contributed by atoms with Gasteiger partial charge in [0.25, 0.3) is 0 Å². The number of likely N-dealkylation sites (N-methyl/N-ethyl adjacent to an activating group) is 1. The Kier molecular flexibility index (Phi) is 5.74. The van der Waals surface area contributed by atoms with Crippen LogP contribution in [0.4, 0.5) is 0 Å². The predicted octanol–water partition coefficient (Wildman–Crippen LogP) is 2.73. The Bertz CT molecular complexity index is 304. The van der Waals surface area contributed by atoms with Crippen LogP contribution in [0.25, 0.3) is 0 Å². The molecule has 0 atom stereocenters. The molecule has 0 fully saturated rings. The van der Waals surface area contributed by atoms with Gasteiger partial charge in [-0.2, -0.15) is 0 Å². The summed E-state index contributed by atoms with van der Waals surface area (Å²) in [6.45, 7) is 11.3. The Morgan fingerprint density at radius 3 is 2.88 bits per heavy atom. The summed E-state index contributed by atoms with van der Waals surface area (Å²) in [6.07, 6.45) is 0. The molecule has 1 N–H and O–H groups in total. The molecule has 1 aromatic heterocycles. The molecule has 0 unspecified atom stereocenters. The van der Waals surface area contributed by atoms with Crippen molar-refractivity contribution in [1.29, 1.82) is 0 Å². The standard InChI is InChI=1S/C13H22N2S/c1-11(2)14-8-12(3)9-15(4)10-13-6-5-7-16-13/h5-7,11,14H,3,8-10H2,1-2,4H3. The topological polar surface area (TPSA) is 15.3 Å². The lowest BCUT2D eigenvalue weighted by Gasteiger charge is -2.18. The molecule has 0 saturated carbocycles. The molecule has 90 valence electrons. The molecule has 1 aromatic rings. The molecule has 2 nitrogen and oxygen atoms in total. The van der Waals surface area contributed by atoms with Crippen molar-refractivity contribution in [2.45, 2.75) is 26.4 Å². The van der Waals surface area contributed by atoms with Gasteiger partial charge in [0, 0.05) is 30.6 Å². The normalized spacial score (nSPS) is 11.3. The van der Waals surface area contributed by atoms with Crippen LogP contribution < -0.4 is 5.32 Å². The fraction of sp³-hybridized carbons (Fsp3) is 0.538. The van der Waals surface area contributed by atoms with Crippen molar-refractivity contribution in [1.82, 2.24) is 10.2 Å². The molecule has 1 heterocycles. The van der Waals surface area contributed by atoms with Gasteiger partial charge >= 0.3 is 0 Å². The first kappa shape index (κ1) is 13.4. The second kappa shape index (κ2) is 6.84. The van der Waals surface area contributed by atoms with Crippen molar-refractivity contribution in [3.8, 4) is 0 Å². The number of rotatable bonds is 7. The van der Waals surface area contributed by atoms with Crippen LogP contribution in [0.5, 0.6) is 0 Å². The quantitative estimate of drug-likeness (QED) is 0.735. The molecule has 0 radical (unpaired) electrons. The van der Waals surface area contributed by atoms with E-state index in [0.717, 1.165) is 19.6 Å². The third kappa shape index (κ3) is 5.45. The Labute approximate surface area is 103 Å². The Hall–Kier alpha value is -0.640. The molecule has 0 aliphatic heterocycles. The summed E-state index contributed by atoms with van der Waals surface area (Å²) in [5.41, 5.74) is 1.24. The second-order valence-electron chi connectivity index (χ2n) is 4.54. The third-order valence-electron chi connectivity index (χ3n) is 2.26. The van der Waals surface area contributed by atoms with Crippen LogP contribution in [0.2, 0.25) is 0 Å². The first-order chi connectivity index (χ1) is 7.58. The molecule has 0 aliphatic carbocycles. The number of nitrogens with zero attached hydrogens (tertiary/aromatic N) is 1. The van der Waals surface area contributed by atoms with Crippen LogP contribution in [0.15, 0.2) is 29.7 Å². The fourth-order valence-corrected chi connectivity index (χ4v) is 2.29. The molecule has 3 heteroatoms. The maximum Gasteiger partial charge on any atom is 0.0328 e. The summed E-state index contributed by atoms with van der Waals surface area (Å²) in [5, 5.41) is 5.51. The van der Waals surface area contributed by atoms with Gasteiger partial charge in [0.2, 0.25) is 0 Å². The van der Waals surface area contributed by atoms with Gasteiger partial charge in [-0.25, -0.2) is 0 Å². The van der Waals surface area contributed by atoms with Crippen LogP contribution in [-0.2, 0) is 6.54 Å². The first-order valence-electron chi connectivity index (χ1n) is 5.69. The van der Waals surface area contributed by atoms with E-state index in [0.29, 0.717) is 6.04 Å². The molecule has 0 aliphatic rings. The van der Waals surface area contributed by atoms with Gasteiger partial charge in [0.15, 0.2) is 0 Å². The largest absolute Gasteiger partial charge is 0.311 e. The molecule has 0 amide bonds. The fourth-order valence-electron chi connectivity index (χ4n) is 1.51. The minimum Gasteiger partial charge on any atom is -0.311 e. The van der Waals surface area contributed by atoms with E-state index in [1.165, 1.54) is 10.5 Å². The zero-order valence-electron chi connectivity index (χ0n) is 10.5. The van der Waals surface area contributed by atoms with E-state index in [4.69, 9.17) is 0 Å². The predicted molar refractivity (Wildman–Crippen MR) is 72.9 cm³/mol. The minimum atomic E-state index is 0.527. The average Bonchev–Trinajstić information content (AvgIpc) is 2.67. The molecule has 0 saturated heterocycles. The maximum absolute atomic E-state index is 4.10. The summed E-state index contributed by atoms with van der Waals surface area (Å²) in [7, 11) is 2.14. The number of thiophene rings is 1. The lowest BCUT2D eigenvalue weighted by Crippen LogP contribution is -2.29. The van der Waals surface area contributed by atoms with Gasteiger partial charge in [-0.3, -0.25) is 4.90 Å². The van der Waals surface area contributed by atoms with Crippen molar-refractivity contribution in [3.05, 3.63) is 34.5 Å². The highest BCUT2D eigenvalue weighted by Crippen LogP contribution is 2.11. The molecule has 0 spiro atoms. The van der Waals surface area contributed by atoms with Gasteiger partial charge in [-0.1, -0.05) is 26.5 Å². The Balaban J connectivity index is 2.23. The van der Waals surface area contributed by atoms with Crippen molar-refractivity contribution >= 4 is 11.3 Å². The van der Waals surface area contributed by atoms with Crippen molar-refractivity contribution in [2.24, 2.45) is 0 Å². The van der Waals surface area contributed by atoms with Gasteiger partial charge in [0.05, 0.1) is 0 Å². The SMILES string of the molecule is C=C(CNC(C)C)CN(C)Cc1cccs1. The van der Waals surface area contributed by atoms with E-state index in [2.05, 4.69) is 55.2 Å². The van der Waals surface area contributed by atoms with E-state index in [1.54, 1.807) is 0 Å². The van der Waals surface area contributed by atoms with Gasteiger partial charge in [0.1, 0.15) is 0 Å². The van der Waals surface area contributed by atoms with Crippen molar-refractivity contribution in [2.75, 3.05) is 20.1 Å². The molecular formula is C13H22N2S. The highest BCUT2D eigenvalue weighted by molar-refractivity contribution is 7.09. The van der Waals surface area contributed by atoms with Crippen LogP contribution in [0, 0.1) is 0 Å². The van der Waals surface area contributed by atoms with Gasteiger partial charge in [-0.15, -0.1) is 11.3 Å². The van der Waals surface area contributed by atoms with E-state index >= 15 is 0 Å². The third-order valence-corrected chi connectivity index (χ3v) is 3.12. The Morgan fingerprint density at radius 2 is 2.31 bits per heavy atom. The Morgan fingerprint density at radius 1 is 1.56 bits per heavy atom. The number of hydrogen-bond donors (Lipinski definition) is 1. The lowest BCUT2D eigenvalue weighted by molar-refractivity contribution is 0.354. The van der Waals surface area contributed by atoms with Gasteiger partial charge in [-0.05, 0) is 24.1 Å². The first-order valence-corrected chi connectivity index (χ1v) is 6.57. The van der Waals surface area contributed by atoms with Gasteiger partial charge < -0.3 is 5.32 Å². The number of nitrogens with one attached hydrogen (secondary N) is 1. The molecule has 0 aromatic carbocycles. The molecule has 16 heavy (non-hydrogen) atoms. The minimum absolute atomic E-state index is 0.527. The van der Waals surface area contributed by atoms with Crippen LogP contribution >= 0.6 is 11.3 Å². The summed E-state index contributed by atoms with van der Waals surface area (Å²) < 4.78 is 0. The molecule has 1 rings (SSSR count). The van der Waals surface area contributed by atoms with E-state index in [1.807, 2.05) is 11.3 Å². The summed E-state index contributed by atoms with van der Waals surface area (Å²) >= 11 is 1.81. The smallest absolute Gasteiger partial charge is 0.0328 e. The van der Waals surface area contributed by atoms with E-state index < -0.39 is 0 Å². The second-order valence-corrected chi connectivity index (χ2v) is 5.57. The van der Waals surface area contributed by atoms with Crippen molar-refractivity contribution < 1.29 is 0 Å². The summed E-state index contributed by atoms with van der Waals surface area (Å²) in [5.74, 6) is 0. The molecular weight excluding hydrogens is 216 g/mol. The maximum atomic E-state index is 4.10. The van der Waals surface area contributed by atoms with Crippen LogP contribution in [0.1, 0.15) is 18.7 Å². The zero-order chi connectivity index (χ0) is 12.0. The van der Waals surface area contributed by atoms with E-state index in [-0.39, 0.29) is 0 Å². The molecule has 0 bridgehead atoms. The van der Waals surface area contributed by atoms with Crippen LogP contribution in [0.3, 0.4) is 0 Å². The highest BCUT2D eigenvalue weighted by Gasteiger charge is 2.03. The number of hydrogen-bond acceptors (Lipinski definition) is 3. The van der Waals surface area contributed by atoms with Crippen molar-refractivity contribution in [3.63, 3.8) is 0 Å². The monoisotopic (exact) mass is 238 g/mol. The van der Waals surface area contributed by atoms with Crippen LogP contribution in [-0.4, -0.2) is 31.1 Å². The summed E-state index contributed by atoms with van der Waals surface area (Å²) in [4.78, 5) is 3.71. The summed E-state index contributed by atoms with van der Waals surface area (Å²) in [6, 6.07) is 4.80. The highest BCUT2D eigenvalue weighted by atomic mass is 32.1. The van der Waals surface area contributed by atoms with E-state index in [9.17, 15) is 0 Å². The zero-order valence-corrected chi connectivity index (χ0v) is 11.3.